The van der Waals surface area contributed by atoms with Crippen LogP contribution in [0.2, 0.25) is 0 Å². The number of hydrogen-bond donors (Lipinski definition) is 2. The maximum absolute atomic E-state index is 5.78. The number of thiol groups is 1. The van der Waals surface area contributed by atoms with Crippen LogP contribution in [-0.2, 0) is 0 Å². The van der Waals surface area contributed by atoms with Gasteiger partial charge in [-0.25, -0.2) is 0 Å². The van der Waals surface area contributed by atoms with Crippen molar-refractivity contribution in [3.8, 4) is 0 Å². The number of aliphatic imine (C=N–C) groups is 1. The third-order valence-electron chi connectivity index (χ3n) is 2.02. The van der Waals surface area contributed by atoms with Gasteiger partial charge in [0, 0.05) is 0 Å². The first-order valence-corrected chi connectivity index (χ1v) is 5.43. The fraction of sp³-hybridized carbons (Fsp3) is 0.250. The monoisotopic (exact) mass is 220 g/mol. The van der Waals surface area contributed by atoms with Crippen molar-refractivity contribution in [3.63, 3.8) is 0 Å². The van der Waals surface area contributed by atoms with E-state index in [0.717, 1.165) is 12.1 Å². The summed E-state index contributed by atoms with van der Waals surface area (Å²) in [6.07, 6.45) is 12.9. The highest BCUT2D eigenvalue weighted by atomic mass is 32.1. The number of rotatable bonds is 3. The Kier molecular flexibility index (Phi) is 4.98. The van der Waals surface area contributed by atoms with E-state index in [4.69, 9.17) is 5.73 Å². The molecule has 0 aromatic heterocycles. The summed E-state index contributed by atoms with van der Waals surface area (Å²) >= 11 is 4.03. The quantitative estimate of drug-likeness (QED) is 0.557. The minimum absolute atomic E-state index is 0.188. The van der Waals surface area contributed by atoms with Crippen LogP contribution in [0.1, 0.15) is 13.3 Å². The zero-order chi connectivity index (χ0) is 11.1. The van der Waals surface area contributed by atoms with Crippen LogP contribution in [0.25, 0.3) is 0 Å². The van der Waals surface area contributed by atoms with Crippen molar-refractivity contribution in [1.82, 2.24) is 0 Å². The summed E-state index contributed by atoms with van der Waals surface area (Å²) in [4.78, 5) is 4.55. The van der Waals surface area contributed by atoms with E-state index < -0.39 is 0 Å². The second kappa shape index (κ2) is 6.30. The number of hydrogen-bond acceptors (Lipinski definition) is 3. The molecule has 80 valence electrons. The lowest BCUT2D eigenvalue weighted by atomic mass is 10.1. The van der Waals surface area contributed by atoms with Crippen LogP contribution in [0.3, 0.4) is 0 Å². The molecule has 1 aliphatic carbocycles. The number of nitrogens with two attached hydrogens (primary N) is 1. The Labute approximate surface area is 96.4 Å². The van der Waals surface area contributed by atoms with E-state index in [1.165, 1.54) is 0 Å². The van der Waals surface area contributed by atoms with Crippen molar-refractivity contribution in [2.45, 2.75) is 19.4 Å². The van der Waals surface area contributed by atoms with Gasteiger partial charge in [0.05, 0.1) is 17.5 Å². The van der Waals surface area contributed by atoms with Crippen molar-refractivity contribution in [3.05, 3.63) is 47.6 Å². The first-order valence-electron chi connectivity index (χ1n) is 4.92. The van der Waals surface area contributed by atoms with Crippen molar-refractivity contribution < 1.29 is 0 Å². The standard InChI is InChI=1S/C12H16N2S/c1-2-6-12(11(13)9-15)14-10-7-4-3-5-8-10/h2-7,9-10,15H,8,13H2,1H3/b6-2-,11-9-,14-12+. The average molecular weight is 220 g/mol. The third-order valence-corrected chi connectivity index (χ3v) is 2.30. The number of nitrogens with zero attached hydrogens (tertiary/aromatic N) is 1. The summed E-state index contributed by atoms with van der Waals surface area (Å²) in [5.41, 5.74) is 7.17. The van der Waals surface area contributed by atoms with Gasteiger partial charge in [-0.1, -0.05) is 30.4 Å². The second-order valence-electron chi connectivity index (χ2n) is 3.21. The zero-order valence-corrected chi connectivity index (χ0v) is 9.69. The topological polar surface area (TPSA) is 38.4 Å². The molecular formula is C12H16N2S. The van der Waals surface area contributed by atoms with Crippen molar-refractivity contribution in [1.29, 1.82) is 0 Å². The maximum atomic E-state index is 5.78. The number of allylic oxidation sites excluding steroid dienone is 4. The Hall–Kier alpha value is -1.22. The molecule has 0 aliphatic heterocycles. The van der Waals surface area contributed by atoms with Crippen LogP contribution >= 0.6 is 12.6 Å². The van der Waals surface area contributed by atoms with E-state index in [0.29, 0.717) is 5.70 Å². The Morgan fingerprint density at radius 1 is 1.53 bits per heavy atom. The SMILES string of the molecule is C\C=C/C(=N\C1C=CC=CC1)C(/N)=C/S. The predicted octanol–water partition coefficient (Wildman–Crippen LogP) is 2.62. The minimum Gasteiger partial charge on any atom is -0.397 e. The molecule has 0 saturated heterocycles. The summed E-state index contributed by atoms with van der Waals surface area (Å²) in [6, 6.07) is 0.188. The van der Waals surface area contributed by atoms with Gasteiger partial charge in [0.15, 0.2) is 0 Å². The highest BCUT2D eigenvalue weighted by molar-refractivity contribution is 7.83. The Morgan fingerprint density at radius 3 is 2.87 bits per heavy atom. The Balaban J connectivity index is 2.83. The molecule has 0 radical (unpaired) electrons. The van der Waals surface area contributed by atoms with E-state index in [-0.39, 0.29) is 6.04 Å². The van der Waals surface area contributed by atoms with Gasteiger partial charge < -0.3 is 5.73 Å². The minimum atomic E-state index is 0.188. The Morgan fingerprint density at radius 2 is 2.33 bits per heavy atom. The summed E-state index contributed by atoms with van der Waals surface area (Å²) < 4.78 is 0. The second-order valence-corrected chi connectivity index (χ2v) is 3.47. The van der Waals surface area contributed by atoms with E-state index in [1.807, 2.05) is 31.2 Å². The van der Waals surface area contributed by atoms with Gasteiger partial charge in [0.2, 0.25) is 0 Å². The van der Waals surface area contributed by atoms with Crippen LogP contribution in [0, 0.1) is 0 Å². The molecular weight excluding hydrogens is 204 g/mol. The first kappa shape index (κ1) is 11.9. The van der Waals surface area contributed by atoms with E-state index in [9.17, 15) is 0 Å². The molecule has 2 N–H and O–H groups in total. The molecule has 0 heterocycles. The van der Waals surface area contributed by atoms with Gasteiger partial charge in [0.25, 0.3) is 0 Å². The Bertz CT molecular complexity index is 349. The molecule has 3 heteroatoms. The van der Waals surface area contributed by atoms with Gasteiger partial charge in [-0.15, -0.1) is 12.6 Å². The van der Waals surface area contributed by atoms with Gasteiger partial charge in [-0.05, 0) is 24.8 Å². The molecule has 0 saturated carbocycles. The highest BCUT2D eigenvalue weighted by Gasteiger charge is 2.05. The van der Waals surface area contributed by atoms with Gasteiger partial charge in [-0.2, -0.15) is 0 Å². The summed E-state index contributed by atoms with van der Waals surface area (Å²) in [7, 11) is 0. The van der Waals surface area contributed by atoms with E-state index >= 15 is 0 Å². The van der Waals surface area contributed by atoms with Gasteiger partial charge in [0.1, 0.15) is 0 Å². The van der Waals surface area contributed by atoms with Crippen molar-refractivity contribution in [2.24, 2.45) is 10.7 Å². The van der Waals surface area contributed by atoms with Crippen LogP contribution in [0.15, 0.2) is 52.6 Å². The van der Waals surface area contributed by atoms with Crippen LogP contribution in [-0.4, -0.2) is 11.8 Å². The summed E-state index contributed by atoms with van der Waals surface area (Å²) in [5.74, 6) is 0. The predicted molar refractivity (Wildman–Crippen MR) is 70.2 cm³/mol. The largest absolute Gasteiger partial charge is 0.397 e. The molecule has 1 atom stereocenters. The fourth-order valence-electron chi connectivity index (χ4n) is 1.28. The molecule has 0 aromatic rings. The van der Waals surface area contributed by atoms with Crippen molar-refractivity contribution in [2.75, 3.05) is 0 Å². The maximum Gasteiger partial charge on any atom is 0.0812 e. The molecule has 0 bridgehead atoms. The molecule has 1 unspecified atom stereocenters. The molecule has 1 aliphatic rings. The highest BCUT2D eigenvalue weighted by Crippen LogP contribution is 2.09. The van der Waals surface area contributed by atoms with Crippen LogP contribution in [0.4, 0.5) is 0 Å². The van der Waals surface area contributed by atoms with Crippen molar-refractivity contribution >= 4 is 18.3 Å². The lowest BCUT2D eigenvalue weighted by molar-refractivity contribution is 0.828. The summed E-state index contributed by atoms with van der Waals surface area (Å²) in [6.45, 7) is 1.94. The normalized spacial score (nSPS) is 22.7. The summed E-state index contributed by atoms with van der Waals surface area (Å²) in [5, 5.41) is 1.57. The average Bonchev–Trinajstić information content (AvgIpc) is 2.29. The van der Waals surface area contributed by atoms with Crippen LogP contribution in [0.5, 0.6) is 0 Å². The first-order chi connectivity index (χ1) is 7.27. The molecule has 0 amide bonds. The smallest absolute Gasteiger partial charge is 0.0812 e. The zero-order valence-electron chi connectivity index (χ0n) is 8.80. The fourth-order valence-corrected chi connectivity index (χ4v) is 1.41. The molecule has 0 spiro atoms. The molecule has 2 nitrogen and oxygen atoms in total. The van der Waals surface area contributed by atoms with E-state index in [1.54, 1.807) is 5.41 Å². The molecule has 0 aromatic carbocycles. The van der Waals surface area contributed by atoms with E-state index in [2.05, 4.69) is 29.8 Å². The lowest BCUT2D eigenvalue weighted by Crippen LogP contribution is -2.13. The lowest BCUT2D eigenvalue weighted by Gasteiger charge is -2.10. The molecule has 15 heavy (non-hydrogen) atoms. The van der Waals surface area contributed by atoms with Crippen LogP contribution < -0.4 is 5.73 Å². The van der Waals surface area contributed by atoms with Gasteiger partial charge in [-0.3, -0.25) is 4.99 Å². The molecule has 0 fully saturated rings. The third kappa shape index (κ3) is 3.80. The molecule has 1 rings (SSSR count). The van der Waals surface area contributed by atoms with Gasteiger partial charge >= 0.3 is 0 Å².